The predicted octanol–water partition coefficient (Wildman–Crippen LogP) is 3.08. The largest absolute Gasteiger partial charge is 0.324 e. The predicted molar refractivity (Wildman–Crippen MR) is 60.7 cm³/mol. The van der Waals surface area contributed by atoms with E-state index in [4.69, 9.17) is 5.73 Å². The van der Waals surface area contributed by atoms with E-state index < -0.39 is 0 Å². The van der Waals surface area contributed by atoms with Gasteiger partial charge in [0.05, 0.1) is 6.67 Å². The van der Waals surface area contributed by atoms with Crippen molar-refractivity contribution >= 4 is 12.4 Å². The zero-order valence-corrected chi connectivity index (χ0v) is 9.40. The van der Waals surface area contributed by atoms with Crippen LogP contribution >= 0.6 is 12.4 Å². The number of hydrogen-bond acceptors (Lipinski definition) is 1. The molecule has 0 saturated carbocycles. The Labute approximate surface area is 90.9 Å². The summed E-state index contributed by atoms with van der Waals surface area (Å²) in [6.07, 6.45) is 0.405. The lowest BCUT2D eigenvalue weighted by molar-refractivity contribution is 0.442. The highest BCUT2D eigenvalue weighted by Crippen LogP contribution is 2.17. The van der Waals surface area contributed by atoms with Crippen LogP contribution in [0.4, 0.5) is 4.39 Å². The number of halogens is 2. The first-order chi connectivity index (χ1) is 6.15. The van der Waals surface area contributed by atoms with Gasteiger partial charge in [0.2, 0.25) is 0 Å². The standard InChI is InChI=1S/C11H16FN.ClH/c1-8-3-4-10(7-9(8)2)11(13)5-6-12;/h3-4,7,11H,5-6,13H2,1-2H3;1H/t11-;/m1./s1. The lowest BCUT2D eigenvalue weighted by Gasteiger charge is -2.11. The minimum absolute atomic E-state index is 0. The topological polar surface area (TPSA) is 26.0 Å². The number of nitrogens with two attached hydrogens (primary N) is 1. The molecule has 1 nitrogen and oxygen atoms in total. The van der Waals surface area contributed by atoms with Crippen molar-refractivity contribution in [3.05, 3.63) is 34.9 Å². The van der Waals surface area contributed by atoms with Crippen LogP contribution in [0.3, 0.4) is 0 Å². The zero-order chi connectivity index (χ0) is 9.84. The van der Waals surface area contributed by atoms with Gasteiger partial charge in [-0.25, -0.2) is 0 Å². The maximum Gasteiger partial charge on any atom is 0.0912 e. The lowest BCUT2D eigenvalue weighted by Crippen LogP contribution is -2.11. The third-order valence-corrected chi connectivity index (χ3v) is 2.38. The smallest absolute Gasteiger partial charge is 0.0912 e. The van der Waals surface area contributed by atoms with Crippen LogP contribution in [0.15, 0.2) is 18.2 Å². The Kier molecular flexibility index (Phi) is 5.73. The number of aryl methyl sites for hydroxylation is 2. The van der Waals surface area contributed by atoms with Crippen molar-refractivity contribution in [3.8, 4) is 0 Å². The Morgan fingerprint density at radius 1 is 1.29 bits per heavy atom. The van der Waals surface area contributed by atoms with Gasteiger partial charge in [0.25, 0.3) is 0 Å². The van der Waals surface area contributed by atoms with E-state index in [0.717, 1.165) is 5.56 Å². The number of rotatable bonds is 3. The van der Waals surface area contributed by atoms with Gasteiger partial charge in [-0.05, 0) is 37.0 Å². The number of hydrogen-bond donors (Lipinski definition) is 1. The molecule has 2 N–H and O–H groups in total. The van der Waals surface area contributed by atoms with Crippen molar-refractivity contribution in [1.82, 2.24) is 0 Å². The molecule has 0 heterocycles. The summed E-state index contributed by atoms with van der Waals surface area (Å²) in [5.41, 5.74) is 9.27. The quantitative estimate of drug-likeness (QED) is 0.828. The van der Waals surface area contributed by atoms with E-state index >= 15 is 0 Å². The molecule has 0 spiro atoms. The van der Waals surface area contributed by atoms with Crippen LogP contribution in [0.2, 0.25) is 0 Å². The zero-order valence-electron chi connectivity index (χ0n) is 8.59. The maximum absolute atomic E-state index is 12.0. The number of benzene rings is 1. The molecular weight excluding hydrogens is 201 g/mol. The molecule has 0 fully saturated rings. The summed E-state index contributed by atoms with van der Waals surface area (Å²) in [6.45, 7) is 3.74. The normalized spacial score (nSPS) is 12.0. The van der Waals surface area contributed by atoms with Crippen molar-refractivity contribution in [2.45, 2.75) is 26.3 Å². The number of alkyl halides is 1. The van der Waals surface area contributed by atoms with Gasteiger partial charge < -0.3 is 5.73 Å². The van der Waals surface area contributed by atoms with Crippen LogP contribution in [-0.2, 0) is 0 Å². The Morgan fingerprint density at radius 2 is 1.93 bits per heavy atom. The first-order valence-corrected chi connectivity index (χ1v) is 4.54. The fourth-order valence-electron chi connectivity index (χ4n) is 1.28. The molecule has 3 heteroatoms. The Hall–Kier alpha value is -0.600. The average molecular weight is 218 g/mol. The van der Waals surface area contributed by atoms with Gasteiger partial charge >= 0.3 is 0 Å². The summed E-state index contributed by atoms with van der Waals surface area (Å²) in [5, 5.41) is 0. The highest BCUT2D eigenvalue weighted by Gasteiger charge is 2.05. The van der Waals surface area contributed by atoms with Gasteiger partial charge in [-0.3, -0.25) is 4.39 Å². The average Bonchev–Trinajstić information content (AvgIpc) is 2.10. The molecule has 0 saturated heterocycles. The second-order valence-corrected chi connectivity index (χ2v) is 3.43. The van der Waals surface area contributed by atoms with Gasteiger partial charge in [-0.15, -0.1) is 12.4 Å². The second-order valence-electron chi connectivity index (χ2n) is 3.43. The van der Waals surface area contributed by atoms with Gasteiger partial charge in [-0.2, -0.15) is 0 Å². The van der Waals surface area contributed by atoms with Gasteiger partial charge in [0.1, 0.15) is 0 Å². The minimum Gasteiger partial charge on any atom is -0.324 e. The minimum atomic E-state index is -0.353. The molecule has 1 rings (SSSR count). The van der Waals surface area contributed by atoms with E-state index in [2.05, 4.69) is 6.92 Å². The first-order valence-electron chi connectivity index (χ1n) is 4.54. The van der Waals surface area contributed by atoms with Crippen LogP contribution in [0.5, 0.6) is 0 Å². The monoisotopic (exact) mass is 217 g/mol. The van der Waals surface area contributed by atoms with E-state index in [1.54, 1.807) is 0 Å². The molecule has 0 amide bonds. The molecule has 0 radical (unpaired) electrons. The third kappa shape index (κ3) is 3.28. The molecule has 1 atom stereocenters. The van der Waals surface area contributed by atoms with Crippen molar-refractivity contribution in [1.29, 1.82) is 0 Å². The van der Waals surface area contributed by atoms with Crippen LogP contribution in [0.25, 0.3) is 0 Å². The summed E-state index contributed by atoms with van der Waals surface area (Å²) in [5.74, 6) is 0. The summed E-state index contributed by atoms with van der Waals surface area (Å²) >= 11 is 0. The van der Waals surface area contributed by atoms with Crippen molar-refractivity contribution < 1.29 is 4.39 Å². The summed E-state index contributed by atoms with van der Waals surface area (Å²) in [4.78, 5) is 0. The lowest BCUT2D eigenvalue weighted by atomic mass is 10.0. The van der Waals surface area contributed by atoms with E-state index in [0.29, 0.717) is 6.42 Å². The van der Waals surface area contributed by atoms with E-state index in [1.165, 1.54) is 11.1 Å². The molecular formula is C11H17ClFN. The van der Waals surface area contributed by atoms with Crippen molar-refractivity contribution in [2.24, 2.45) is 5.73 Å². The van der Waals surface area contributed by atoms with Crippen LogP contribution in [0.1, 0.15) is 29.2 Å². The Balaban J connectivity index is 0.00000169. The molecule has 0 aliphatic carbocycles. The van der Waals surface area contributed by atoms with Crippen molar-refractivity contribution in [3.63, 3.8) is 0 Å². The summed E-state index contributed by atoms with van der Waals surface area (Å²) < 4.78 is 12.0. The summed E-state index contributed by atoms with van der Waals surface area (Å²) in [7, 11) is 0. The third-order valence-electron chi connectivity index (χ3n) is 2.38. The highest BCUT2D eigenvalue weighted by atomic mass is 35.5. The van der Waals surface area contributed by atoms with Gasteiger partial charge in [-0.1, -0.05) is 18.2 Å². The molecule has 0 unspecified atom stereocenters. The fraction of sp³-hybridized carbons (Fsp3) is 0.455. The van der Waals surface area contributed by atoms with Crippen molar-refractivity contribution in [2.75, 3.05) is 6.67 Å². The van der Waals surface area contributed by atoms with E-state index in [1.807, 2.05) is 25.1 Å². The van der Waals surface area contributed by atoms with Gasteiger partial charge in [0.15, 0.2) is 0 Å². The molecule has 1 aromatic rings. The van der Waals surface area contributed by atoms with E-state index in [9.17, 15) is 4.39 Å². The van der Waals surface area contributed by atoms with Crippen LogP contribution in [0, 0.1) is 13.8 Å². The SMILES string of the molecule is Cc1ccc([C@H](N)CCF)cc1C.Cl. The van der Waals surface area contributed by atoms with Gasteiger partial charge in [0, 0.05) is 6.04 Å². The van der Waals surface area contributed by atoms with Crippen LogP contribution in [-0.4, -0.2) is 6.67 Å². The molecule has 1 aromatic carbocycles. The van der Waals surface area contributed by atoms with E-state index in [-0.39, 0.29) is 25.1 Å². The molecule has 0 bridgehead atoms. The molecule has 0 aromatic heterocycles. The first kappa shape index (κ1) is 13.4. The van der Waals surface area contributed by atoms with Crippen LogP contribution < -0.4 is 5.73 Å². The second kappa shape index (κ2) is 5.99. The Bertz CT molecular complexity index is 289. The molecule has 0 aliphatic heterocycles. The highest BCUT2D eigenvalue weighted by molar-refractivity contribution is 5.85. The summed E-state index contributed by atoms with van der Waals surface area (Å²) in [6, 6.07) is 5.88. The molecule has 0 aliphatic rings. The molecule has 80 valence electrons. The Morgan fingerprint density at radius 3 is 2.43 bits per heavy atom. The fourth-order valence-corrected chi connectivity index (χ4v) is 1.28. The molecule has 14 heavy (non-hydrogen) atoms. The maximum atomic E-state index is 12.0.